The summed E-state index contributed by atoms with van der Waals surface area (Å²) < 4.78 is 0. The van der Waals surface area contributed by atoms with Crippen LogP contribution in [0.5, 0.6) is 0 Å². The van der Waals surface area contributed by atoms with Crippen LogP contribution in [0.2, 0.25) is 0 Å². The van der Waals surface area contributed by atoms with Gasteiger partial charge in [0.25, 0.3) is 5.91 Å². The van der Waals surface area contributed by atoms with Crippen molar-refractivity contribution in [2.24, 2.45) is 9.98 Å². The minimum absolute atomic E-state index is 0.171. The molecule has 2 aliphatic heterocycles. The molecule has 0 radical (unpaired) electrons. The third kappa shape index (κ3) is 5.96. The second-order valence-corrected chi connectivity index (χ2v) is 7.38. The Bertz CT molecular complexity index is 787. The van der Waals surface area contributed by atoms with E-state index in [1.807, 2.05) is 6.07 Å². The molecule has 0 bridgehead atoms. The molecule has 0 saturated carbocycles. The number of hydrogen-bond acceptors (Lipinski definition) is 6. The van der Waals surface area contributed by atoms with Crippen LogP contribution in [0.1, 0.15) is 11.1 Å². The van der Waals surface area contributed by atoms with Crippen LogP contribution < -0.4 is 16.0 Å². The van der Waals surface area contributed by atoms with Gasteiger partial charge in [-0.1, -0.05) is 24.3 Å². The number of amides is 1. The zero-order valence-electron chi connectivity index (χ0n) is 16.9. The van der Waals surface area contributed by atoms with Crippen molar-refractivity contribution < 1.29 is 9.90 Å². The number of nitrogens with zero attached hydrogens (tertiary/aromatic N) is 3. The van der Waals surface area contributed by atoms with Gasteiger partial charge in [-0.25, -0.2) is 4.99 Å². The Kier molecular flexibility index (Phi) is 7.51. The maximum Gasteiger partial charge on any atom is 0.267 e. The maximum absolute atomic E-state index is 12.5. The van der Waals surface area contributed by atoms with Crippen molar-refractivity contribution in [3.8, 4) is 0 Å². The fourth-order valence-corrected chi connectivity index (χ4v) is 3.43. The predicted octanol–water partition coefficient (Wildman–Crippen LogP) is -0.304. The topological polar surface area (TPSA) is 101 Å². The molecule has 0 spiro atoms. The molecular weight excluding hydrogens is 368 g/mol. The van der Waals surface area contributed by atoms with E-state index in [1.165, 1.54) is 11.1 Å². The molecule has 2 heterocycles. The first-order valence-corrected chi connectivity index (χ1v) is 9.99. The first-order chi connectivity index (χ1) is 14.1. The zero-order valence-corrected chi connectivity index (χ0v) is 16.9. The minimum Gasteiger partial charge on any atom is -0.390 e. The summed E-state index contributed by atoms with van der Waals surface area (Å²) in [6.45, 7) is 7.56. The van der Waals surface area contributed by atoms with E-state index >= 15 is 0 Å². The summed E-state index contributed by atoms with van der Waals surface area (Å²) in [5.74, 6) is 0.113. The summed E-state index contributed by atoms with van der Waals surface area (Å²) >= 11 is 0. The lowest BCUT2D eigenvalue weighted by Gasteiger charge is -2.30. The molecule has 1 aromatic carbocycles. The largest absolute Gasteiger partial charge is 0.390 e. The average molecular weight is 399 g/mol. The number of aliphatic imine (C=N–C) groups is 2. The van der Waals surface area contributed by atoms with Gasteiger partial charge < -0.3 is 21.1 Å². The second kappa shape index (κ2) is 10.3. The number of likely N-dealkylation sites (N-methyl/N-ethyl adjacent to an activating group) is 1. The molecule has 0 aliphatic carbocycles. The number of aliphatic hydroxyl groups is 1. The fraction of sp³-hybridized carbons (Fsp3) is 0.476. The molecule has 4 N–H and O–H groups in total. The van der Waals surface area contributed by atoms with Crippen LogP contribution in [0.25, 0.3) is 0 Å². The molecule has 1 fully saturated rings. The summed E-state index contributed by atoms with van der Waals surface area (Å²) in [4.78, 5) is 23.0. The lowest BCUT2D eigenvalue weighted by molar-refractivity contribution is -0.118. The van der Waals surface area contributed by atoms with Crippen LogP contribution in [-0.2, 0) is 17.8 Å². The Balaban J connectivity index is 1.49. The molecule has 1 amide bonds. The van der Waals surface area contributed by atoms with Crippen LogP contribution in [-0.4, -0.2) is 80.4 Å². The SMILES string of the molecule is C=NC(C=C(NC)C(=O)NC[C@H](O)CN1CCc2ccccc2C1)=NC1CNC1. The minimum atomic E-state index is -0.644. The van der Waals surface area contributed by atoms with Crippen LogP contribution in [0.4, 0.5) is 0 Å². The van der Waals surface area contributed by atoms with Gasteiger partial charge in [-0.05, 0) is 24.3 Å². The molecule has 2 aliphatic rings. The number of nitrogens with one attached hydrogen (secondary N) is 3. The first-order valence-electron chi connectivity index (χ1n) is 9.99. The quantitative estimate of drug-likeness (QED) is 0.274. The van der Waals surface area contributed by atoms with E-state index in [-0.39, 0.29) is 18.5 Å². The highest BCUT2D eigenvalue weighted by Crippen LogP contribution is 2.18. The summed E-state index contributed by atoms with van der Waals surface area (Å²) in [5.41, 5.74) is 3.02. The first kappa shape index (κ1) is 21.2. The van der Waals surface area contributed by atoms with E-state index in [4.69, 9.17) is 0 Å². The molecule has 0 unspecified atom stereocenters. The van der Waals surface area contributed by atoms with Crippen molar-refractivity contribution in [3.05, 3.63) is 47.2 Å². The second-order valence-electron chi connectivity index (χ2n) is 7.38. The average Bonchev–Trinajstić information content (AvgIpc) is 2.71. The Morgan fingerprint density at radius 1 is 1.41 bits per heavy atom. The summed E-state index contributed by atoms with van der Waals surface area (Å²) in [6.07, 6.45) is 1.91. The molecule has 8 nitrogen and oxygen atoms in total. The van der Waals surface area contributed by atoms with Crippen molar-refractivity contribution in [2.45, 2.75) is 25.1 Å². The van der Waals surface area contributed by atoms with Gasteiger partial charge in [0.15, 0.2) is 0 Å². The van der Waals surface area contributed by atoms with Gasteiger partial charge in [0.2, 0.25) is 0 Å². The molecule has 1 atom stereocenters. The highest BCUT2D eigenvalue weighted by Gasteiger charge is 2.20. The van der Waals surface area contributed by atoms with E-state index in [0.717, 1.165) is 32.6 Å². The summed E-state index contributed by atoms with van der Waals surface area (Å²) in [7, 11) is 1.67. The van der Waals surface area contributed by atoms with Crippen molar-refractivity contribution >= 4 is 18.5 Å². The zero-order chi connectivity index (χ0) is 20.6. The number of amidine groups is 1. The fourth-order valence-electron chi connectivity index (χ4n) is 3.43. The van der Waals surface area contributed by atoms with Crippen molar-refractivity contribution in [2.75, 3.05) is 39.8 Å². The molecule has 8 heteroatoms. The smallest absolute Gasteiger partial charge is 0.267 e. The number of aliphatic hydroxyl groups excluding tert-OH is 1. The number of carbonyl (C=O) groups excluding carboxylic acids is 1. The maximum atomic E-state index is 12.5. The summed E-state index contributed by atoms with van der Waals surface area (Å²) in [6, 6.07) is 8.57. The van der Waals surface area contributed by atoms with E-state index in [2.05, 4.69) is 55.8 Å². The van der Waals surface area contributed by atoms with Crippen LogP contribution >= 0.6 is 0 Å². The number of hydrogen-bond donors (Lipinski definition) is 4. The van der Waals surface area contributed by atoms with E-state index in [1.54, 1.807) is 13.1 Å². The molecule has 1 saturated heterocycles. The number of β-amino-alcohol motifs (C(OH)–C–C–N with tert-alkyl or cyclic N) is 1. The highest BCUT2D eigenvalue weighted by molar-refractivity contribution is 6.04. The Morgan fingerprint density at radius 2 is 2.17 bits per heavy atom. The highest BCUT2D eigenvalue weighted by atomic mass is 16.3. The number of rotatable bonds is 8. The molecule has 3 rings (SSSR count). The van der Waals surface area contributed by atoms with E-state index < -0.39 is 6.10 Å². The Labute approximate surface area is 171 Å². The Morgan fingerprint density at radius 3 is 2.83 bits per heavy atom. The van der Waals surface area contributed by atoms with Gasteiger partial charge >= 0.3 is 0 Å². The standard InChI is InChI=1S/C21H30N6O2/c1-22-19(9-20(23-2)26-17-10-24-11-17)21(29)25-12-18(28)14-27-8-7-15-5-3-4-6-16(15)13-27/h3-6,9,17-18,22,24,28H,2,7-8,10-14H2,1H3,(H,25,29)/t18-/m0/s1. The van der Waals surface area contributed by atoms with Crippen LogP contribution in [0.15, 0.2) is 46.0 Å². The lowest BCUT2D eigenvalue weighted by Crippen LogP contribution is -2.46. The van der Waals surface area contributed by atoms with Crippen molar-refractivity contribution in [3.63, 3.8) is 0 Å². The number of carbonyl (C=O) groups is 1. The normalized spacial score (nSPS) is 19.1. The van der Waals surface area contributed by atoms with Gasteiger partial charge in [-0.15, -0.1) is 0 Å². The molecule has 0 aromatic heterocycles. The lowest BCUT2D eigenvalue weighted by atomic mass is 10.00. The molecule has 156 valence electrons. The van der Waals surface area contributed by atoms with E-state index in [0.29, 0.717) is 18.1 Å². The van der Waals surface area contributed by atoms with Crippen LogP contribution in [0, 0.1) is 0 Å². The molecule has 29 heavy (non-hydrogen) atoms. The van der Waals surface area contributed by atoms with Crippen LogP contribution in [0.3, 0.4) is 0 Å². The molecule has 1 aromatic rings. The van der Waals surface area contributed by atoms with Gasteiger partial charge in [-0.3, -0.25) is 14.7 Å². The van der Waals surface area contributed by atoms with E-state index in [9.17, 15) is 9.90 Å². The van der Waals surface area contributed by atoms with Gasteiger partial charge in [-0.2, -0.15) is 0 Å². The molecular formula is C21H30N6O2. The van der Waals surface area contributed by atoms with Crippen molar-refractivity contribution in [1.29, 1.82) is 0 Å². The monoisotopic (exact) mass is 398 g/mol. The van der Waals surface area contributed by atoms with Gasteiger partial charge in [0.1, 0.15) is 11.5 Å². The number of fused-ring (bicyclic) bond motifs is 1. The third-order valence-electron chi connectivity index (χ3n) is 5.20. The number of benzene rings is 1. The third-order valence-corrected chi connectivity index (χ3v) is 5.20. The van der Waals surface area contributed by atoms with Crippen molar-refractivity contribution in [1.82, 2.24) is 20.9 Å². The van der Waals surface area contributed by atoms with Gasteiger partial charge in [0.05, 0.1) is 12.1 Å². The predicted molar refractivity (Wildman–Crippen MR) is 115 cm³/mol. The van der Waals surface area contributed by atoms with Gasteiger partial charge in [0, 0.05) is 52.4 Å². The summed E-state index contributed by atoms with van der Waals surface area (Å²) in [5, 5.41) is 19.2. The Hall–Kier alpha value is -2.55.